The Morgan fingerprint density at radius 1 is 0.966 bits per heavy atom. The minimum atomic E-state index is -0.0689. The van der Waals surface area contributed by atoms with Gasteiger partial charge in [0.2, 0.25) is 0 Å². The van der Waals surface area contributed by atoms with Crippen molar-refractivity contribution in [1.29, 1.82) is 0 Å². The Balaban J connectivity index is 1.47. The molecule has 0 saturated heterocycles. The average molecular weight is 385 g/mol. The summed E-state index contributed by atoms with van der Waals surface area (Å²) in [4.78, 5) is 28.3. The van der Waals surface area contributed by atoms with Crippen molar-refractivity contribution in [2.75, 3.05) is 28.6 Å². The molecular weight excluding hydrogens is 366 g/mol. The molecule has 0 saturated carbocycles. The zero-order valence-electron chi connectivity index (χ0n) is 15.7. The van der Waals surface area contributed by atoms with Crippen LogP contribution in [-0.4, -0.2) is 34.7 Å². The smallest absolute Gasteiger partial charge is 0.258 e. The molecule has 2 aromatic carbocycles. The van der Waals surface area contributed by atoms with Crippen LogP contribution in [0.3, 0.4) is 0 Å². The first-order valence-corrected chi connectivity index (χ1v) is 9.45. The fourth-order valence-electron chi connectivity index (χ4n) is 3.85. The number of rotatable bonds is 3. The number of hydrogen-bond acceptors (Lipinski definition) is 4. The average Bonchev–Trinajstić information content (AvgIpc) is 3.34. The van der Waals surface area contributed by atoms with Gasteiger partial charge >= 0.3 is 0 Å². The molecule has 3 aromatic rings. The van der Waals surface area contributed by atoms with Crippen molar-refractivity contribution in [3.05, 3.63) is 78.0 Å². The quantitative estimate of drug-likeness (QED) is 0.751. The van der Waals surface area contributed by atoms with E-state index in [2.05, 4.69) is 5.10 Å². The van der Waals surface area contributed by atoms with E-state index in [1.54, 1.807) is 26.8 Å². The van der Waals surface area contributed by atoms with Crippen LogP contribution in [0.5, 0.6) is 0 Å². The Bertz CT molecular complexity index is 1160. The molecule has 2 N–H and O–H groups in total. The van der Waals surface area contributed by atoms with Gasteiger partial charge in [-0.15, -0.1) is 5.10 Å². The van der Waals surface area contributed by atoms with Crippen molar-refractivity contribution >= 4 is 29.0 Å². The molecule has 2 aliphatic heterocycles. The summed E-state index contributed by atoms with van der Waals surface area (Å²) in [6.45, 7) is 1.11. The second kappa shape index (κ2) is 6.63. The number of hydrogen-bond donors (Lipinski definition) is 1. The number of anilines is 3. The monoisotopic (exact) mass is 385 g/mol. The molecule has 0 bridgehead atoms. The van der Waals surface area contributed by atoms with Crippen molar-refractivity contribution in [2.24, 2.45) is 0 Å². The van der Waals surface area contributed by atoms with Gasteiger partial charge < -0.3 is 15.5 Å². The van der Waals surface area contributed by atoms with E-state index in [1.807, 2.05) is 54.6 Å². The van der Waals surface area contributed by atoms with Crippen molar-refractivity contribution in [3.63, 3.8) is 0 Å². The van der Waals surface area contributed by atoms with E-state index in [1.165, 1.54) is 0 Å². The Labute approximate surface area is 167 Å². The van der Waals surface area contributed by atoms with Crippen LogP contribution in [0, 0.1) is 0 Å². The maximum atomic E-state index is 13.0. The number of amides is 2. The van der Waals surface area contributed by atoms with Gasteiger partial charge in [-0.2, -0.15) is 0 Å². The predicted octanol–water partition coefficient (Wildman–Crippen LogP) is 2.56. The van der Waals surface area contributed by atoms with Crippen LogP contribution >= 0.6 is 0 Å². The number of carbonyl (C=O) groups excluding carboxylic acids is 2. The molecular formula is C22H19N5O2. The Morgan fingerprint density at radius 2 is 1.79 bits per heavy atom. The van der Waals surface area contributed by atoms with Crippen LogP contribution in [-0.2, 0) is 11.2 Å². The number of nitrogen functional groups attached to an aromatic ring is 1. The van der Waals surface area contributed by atoms with Crippen LogP contribution in [0.2, 0.25) is 0 Å². The zero-order chi connectivity index (χ0) is 20.0. The number of nitrogens with two attached hydrogens (primary N) is 1. The van der Waals surface area contributed by atoms with Gasteiger partial charge in [-0.05, 0) is 36.2 Å². The van der Waals surface area contributed by atoms with Crippen LogP contribution in [0.1, 0.15) is 15.9 Å². The van der Waals surface area contributed by atoms with Gasteiger partial charge in [-0.3, -0.25) is 9.59 Å². The summed E-state index contributed by atoms with van der Waals surface area (Å²) in [5.74, 6) is 0.183. The Kier molecular flexibility index (Phi) is 3.94. The lowest BCUT2D eigenvalue weighted by Gasteiger charge is -2.27. The van der Waals surface area contributed by atoms with Gasteiger partial charge in [0, 0.05) is 30.4 Å². The number of benzene rings is 2. The first-order chi connectivity index (χ1) is 14.1. The molecule has 1 aromatic heterocycles. The lowest BCUT2D eigenvalue weighted by Crippen LogP contribution is -2.37. The first-order valence-electron chi connectivity index (χ1n) is 9.45. The molecule has 7 nitrogen and oxygen atoms in total. The molecule has 0 aliphatic carbocycles. The van der Waals surface area contributed by atoms with Crippen LogP contribution < -0.4 is 15.5 Å². The maximum absolute atomic E-state index is 13.0. The largest absolute Gasteiger partial charge is 0.380 e. The van der Waals surface area contributed by atoms with E-state index in [4.69, 9.17) is 5.73 Å². The third-order valence-electron chi connectivity index (χ3n) is 5.33. The first kappa shape index (κ1) is 17.2. The maximum Gasteiger partial charge on any atom is 0.258 e. The zero-order valence-corrected chi connectivity index (χ0v) is 15.7. The lowest BCUT2D eigenvalue weighted by molar-refractivity contribution is -0.113. The highest BCUT2D eigenvalue weighted by atomic mass is 16.2. The third kappa shape index (κ3) is 2.87. The molecule has 2 amide bonds. The van der Waals surface area contributed by atoms with E-state index in [9.17, 15) is 9.59 Å². The molecule has 0 spiro atoms. The Hall–Kier alpha value is -3.87. The highest BCUT2D eigenvalue weighted by molar-refractivity contribution is 6.09. The van der Waals surface area contributed by atoms with Gasteiger partial charge in [0.1, 0.15) is 5.69 Å². The lowest BCUT2D eigenvalue weighted by atomic mass is 9.99. The van der Waals surface area contributed by atoms with E-state index < -0.39 is 0 Å². The molecule has 3 heterocycles. The predicted molar refractivity (Wildman–Crippen MR) is 111 cm³/mol. The van der Waals surface area contributed by atoms with Crippen LogP contribution in [0.15, 0.2) is 66.9 Å². The SMILES string of the molecule is Nc1nn(-c2cccc(N3CC=CC3=O)c2)cc1N1CCc2ccccc2C1=O. The van der Waals surface area contributed by atoms with Crippen molar-refractivity contribution in [1.82, 2.24) is 9.78 Å². The fraction of sp³-hybridized carbons (Fsp3) is 0.136. The number of aromatic nitrogens is 2. The molecule has 0 unspecified atom stereocenters. The van der Waals surface area contributed by atoms with E-state index in [-0.39, 0.29) is 11.8 Å². The van der Waals surface area contributed by atoms with Crippen LogP contribution in [0.4, 0.5) is 17.2 Å². The second-order valence-corrected chi connectivity index (χ2v) is 7.08. The molecule has 7 heteroatoms. The van der Waals surface area contributed by atoms with Gasteiger partial charge in [0.05, 0.1) is 11.9 Å². The summed E-state index contributed by atoms with van der Waals surface area (Å²) in [5.41, 5.74) is 10.1. The summed E-state index contributed by atoms with van der Waals surface area (Å²) < 4.78 is 1.65. The second-order valence-electron chi connectivity index (χ2n) is 7.08. The highest BCUT2D eigenvalue weighted by Crippen LogP contribution is 2.30. The molecule has 29 heavy (non-hydrogen) atoms. The summed E-state index contributed by atoms with van der Waals surface area (Å²) >= 11 is 0. The van der Waals surface area contributed by atoms with Gasteiger partial charge in [0.25, 0.3) is 11.8 Å². The molecule has 0 fully saturated rings. The third-order valence-corrected chi connectivity index (χ3v) is 5.33. The molecule has 0 atom stereocenters. The molecule has 5 rings (SSSR count). The minimum absolute atomic E-state index is 0.0413. The van der Waals surface area contributed by atoms with Crippen molar-refractivity contribution in [2.45, 2.75) is 6.42 Å². The van der Waals surface area contributed by atoms with Gasteiger partial charge in [-0.1, -0.05) is 30.3 Å². The Morgan fingerprint density at radius 3 is 2.62 bits per heavy atom. The summed E-state index contributed by atoms with van der Waals surface area (Å²) in [6.07, 6.45) is 5.94. The summed E-state index contributed by atoms with van der Waals surface area (Å²) in [6, 6.07) is 15.2. The fourth-order valence-corrected chi connectivity index (χ4v) is 3.85. The minimum Gasteiger partial charge on any atom is -0.380 e. The molecule has 144 valence electrons. The number of nitrogens with zero attached hydrogens (tertiary/aromatic N) is 4. The van der Waals surface area contributed by atoms with Crippen LogP contribution in [0.25, 0.3) is 5.69 Å². The standard InChI is InChI=1S/C22H19N5O2/c23-21-19(26-12-10-15-5-1-2-8-18(15)22(26)29)14-27(24-21)17-7-3-6-16(13-17)25-11-4-9-20(25)28/h1-9,13-14H,10-12H2,(H2,23,24). The van der Waals surface area contributed by atoms with Crippen molar-refractivity contribution in [3.8, 4) is 5.69 Å². The van der Waals surface area contributed by atoms with E-state index >= 15 is 0 Å². The normalized spacial score (nSPS) is 15.9. The number of fused-ring (bicyclic) bond motifs is 1. The van der Waals surface area contributed by atoms with E-state index in [0.29, 0.717) is 30.2 Å². The molecule has 0 radical (unpaired) electrons. The summed E-state index contributed by atoms with van der Waals surface area (Å²) in [5, 5.41) is 4.41. The van der Waals surface area contributed by atoms with E-state index in [0.717, 1.165) is 23.4 Å². The summed E-state index contributed by atoms with van der Waals surface area (Å²) in [7, 11) is 0. The van der Waals surface area contributed by atoms with Gasteiger partial charge in [-0.25, -0.2) is 4.68 Å². The number of carbonyl (C=O) groups is 2. The topological polar surface area (TPSA) is 84.5 Å². The van der Waals surface area contributed by atoms with Crippen molar-refractivity contribution < 1.29 is 9.59 Å². The van der Waals surface area contributed by atoms with Gasteiger partial charge in [0.15, 0.2) is 5.82 Å². The molecule has 2 aliphatic rings. The highest BCUT2D eigenvalue weighted by Gasteiger charge is 2.28.